The average molecular weight is 254 g/mol. The molecule has 0 aliphatic carbocycles. The van der Waals surface area contributed by atoms with E-state index in [0.29, 0.717) is 13.1 Å². The van der Waals surface area contributed by atoms with Gasteiger partial charge in [0.05, 0.1) is 12.6 Å². The first-order valence-corrected chi connectivity index (χ1v) is 6.43. The quantitative estimate of drug-likeness (QED) is 0.678. The number of rotatable bonds is 1. The van der Waals surface area contributed by atoms with Gasteiger partial charge in [0.25, 0.3) is 0 Å². The predicted octanol–water partition coefficient (Wildman–Crippen LogP) is 0.742. The van der Waals surface area contributed by atoms with Crippen LogP contribution in [0.3, 0.4) is 0 Å². The minimum atomic E-state index is -0.494. The summed E-state index contributed by atoms with van der Waals surface area (Å²) in [4.78, 5) is 13.5. The van der Waals surface area contributed by atoms with Crippen LogP contribution >= 0.6 is 0 Å². The van der Waals surface area contributed by atoms with Crippen LogP contribution in [0.5, 0.6) is 0 Å². The number of hydrogen-bond donors (Lipinski definition) is 2. The van der Waals surface area contributed by atoms with E-state index >= 15 is 0 Å². The lowest BCUT2D eigenvalue weighted by atomic mass is 9.97. The lowest BCUT2D eigenvalue weighted by Gasteiger charge is -2.24. The van der Waals surface area contributed by atoms with Crippen LogP contribution in [0.15, 0.2) is 12.2 Å². The Morgan fingerprint density at radius 1 is 1.44 bits per heavy atom. The molecule has 2 rings (SSSR count). The molecule has 0 radical (unpaired) electrons. The number of aliphatic hydroxyl groups is 1. The van der Waals surface area contributed by atoms with Gasteiger partial charge < -0.3 is 20.1 Å². The third kappa shape index (κ3) is 3.03. The van der Waals surface area contributed by atoms with Crippen LogP contribution < -0.4 is 5.32 Å². The van der Waals surface area contributed by atoms with Gasteiger partial charge in [-0.15, -0.1) is 0 Å². The zero-order chi connectivity index (χ0) is 13.3. The molecule has 0 aromatic heterocycles. The molecule has 1 amide bonds. The number of ether oxygens (including phenoxy) is 1. The van der Waals surface area contributed by atoms with Gasteiger partial charge in [0.2, 0.25) is 0 Å². The lowest BCUT2D eigenvalue weighted by molar-refractivity contribution is 0.0269. The predicted molar refractivity (Wildman–Crippen MR) is 68.2 cm³/mol. The molecule has 2 aliphatic rings. The molecule has 0 saturated carbocycles. The SMILES string of the molecule is CC(C)(C)OC(=O)N1C[C@H](C2C=CCN2)[C@@H](O)C1. The molecule has 5 nitrogen and oxygen atoms in total. The number of carbonyl (C=O) groups is 1. The second-order valence-electron chi connectivity index (χ2n) is 5.98. The van der Waals surface area contributed by atoms with Gasteiger partial charge in [-0.1, -0.05) is 12.2 Å². The molecule has 1 unspecified atom stereocenters. The van der Waals surface area contributed by atoms with Gasteiger partial charge in [-0.05, 0) is 20.8 Å². The first-order chi connectivity index (χ1) is 8.37. The molecule has 0 spiro atoms. The number of aliphatic hydroxyl groups excluding tert-OH is 1. The van der Waals surface area contributed by atoms with Crippen LogP contribution in [-0.4, -0.2) is 53.5 Å². The fourth-order valence-electron chi connectivity index (χ4n) is 2.42. The summed E-state index contributed by atoms with van der Waals surface area (Å²) in [6.07, 6.45) is 3.28. The highest BCUT2D eigenvalue weighted by atomic mass is 16.6. The summed E-state index contributed by atoms with van der Waals surface area (Å²) < 4.78 is 5.32. The van der Waals surface area contributed by atoms with E-state index < -0.39 is 11.7 Å². The third-order valence-corrected chi connectivity index (χ3v) is 3.26. The molecule has 2 heterocycles. The van der Waals surface area contributed by atoms with E-state index in [-0.39, 0.29) is 18.1 Å². The maximum absolute atomic E-state index is 11.9. The normalized spacial score (nSPS) is 32.0. The van der Waals surface area contributed by atoms with E-state index in [1.54, 1.807) is 4.90 Å². The van der Waals surface area contributed by atoms with Crippen molar-refractivity contribution in [2.24, 2.45) is 5.92 Å². The van der Waals surface area contributed by atoms with Crippen molar-refractivity contribution in [3.05, 3.63) is 12.2 Å². The van der Waals surface area contributed by atoms with Crippen molar-refractivity contribution in [1.82, 2.24) is 10.2 Å². The number of nitrogens with zero attached hydrogens (tertiary/aromatic N) is 1. The van der Waals surface area contributed by atoms with E-state index in [0.717, 1.165) is 6.54 Å². The van der Waals surface area contributed by atoms with E-state index in [4.69, 9.17) is 4.74 Å². The number of hydrogen-bond acceptors (Lipinski definition) is 4. The number of β-amino-alcohol motifs (C(OH)–C–C–N with tert-alkyl or cyclic N) is 1. The molecule has 0 aromatic carbocycles. The minimum Gasteiger partial charge on any atom is -0.444 e. The molecule has 1 fully saturated rings. The van der Waals surface area contributed by atoms with Gasteiger partial charge in [0, 0.05) is 25.0 Å². The zero-order valence-corrected chi connectivity index (χ0v) is 11.2. The highest BCUT2D eigenvalue weighted by molar-refractivity contribution is 5.68. The van der Waals surface area contributed by atoms with Crippen molar-refractivity contribution in [3.63, 3.8) is 0 Å². The smallest absolute Gasteiger partial charge is 0.410 e. The number of carbonyl (C=O) groups excluding carboxylic acids is 1. The Balaban J connectivity index is 1.93. The highest BCUT2D eigenvalue weighted by Gasteiger charge is 2.39. The van der Waals surface area contributed by atoms with Crippen LogP contribution in [0.4, 0.5) is 4.79 Å². The van der Waals surface area contributed by atoms with Crippen LogP contribution in [0, 0.1) is 5.92 Å². The Labute approximate surface area is 108 Å². The second-order valence-corrected chi connectivity index (χ2v) is 5.98. The van der Waals surface area contributed by atoms with Gasteiger partial charge in [0.1, 0.15) is 5.60 Å². The molecule has 5 heteroatoms. The van der Waals surface area contributed by atoms with Gasteiger partial charge in [-0.25, -0.2) is 4.79 Å². The Morgan fingerprint density at radius 3 is 2.72 bits per heavy atom. The van der Waals surface area contributed by atoms with Crippen molar-refractivity contribution in [2.45, 2.75) is 38.5 Å². The van der Waals surface area contributed by atoms with Gasteiger partial charge in [0.15, 0.2) is 0 Å². The molecule has 0 bridgehead atoms. The van der Waals surface area contributed by atoms with Gasteiger partial charge >= 0.3 is 6.09 Å². The number of amides is 1. The number of likely N-dealkylation sites (tertiary alicyclic amines) is 1. The Morgan fingerprint density at radius 2 is 2.17 bits per heavy atom. The Kier molecular flexibility index (Phi) is 3.64. The molecule has 3 atom stereocenters. The van der Waals surface area contributed by atoms with Crippen molar-refractivity contribution < 1.29 is 14.6 Å². The minimum absolute atomic E-state index is 0.0521. The summed E-state index contributed by atoms with van der Waals surface area (Å²) in [5.41, 5.74) is -0.494. The van der Waals surface area contributed by atoms with E-state index in [1.165, 1.54) is 0 Å². The fraction of sp³-hybridized carbons (Fsp3) is 0.769. The molecular weight excluding hydrogens is 232 g/mol. The third-order valence-electron chi connectivity index (χ3n) is 3.26. The Hall–Kier alpha value is -1.07. The maximum Gasteiger partial charge on any atom is 0.410 e. The van der Waals surface area contributed by atoms with Gasteiger partial charge in [-0.2, -0.15) is 0 Å². The monoisotopic (exact) mass is 254 g/mol. The molecular formula is C13H22N2O3. The Bertz CT molecular complexity index is 349. The van der Waals surface area contributed by atoms with Crippen molar-refractivity contribution in [1.29, 1.82) is 0 Å². The van der Waals surface area contributed by atoms with Gasteiger partial charge in [-0.3, -0.25) is 0 Å². The molecule has 1 saturated heterocycles. The van der Waals surface area contributed by atoms with Crippen molar-refractivity contribution in [2.75, 3.05) is 19.6 Å². The fourth-order valence-corrected chi connectivity index (χ4v) is 2.42. The summed E-state index contributed by atoms with van der Waals surface area (Å²) in [7, 11) is 0. The molecule has 18 heavy (non-hydrogen) atoms. The van der Waals surface area contributed by atoms with Crippen LogP contribution in [0.2, 0.25) is 0 Å². The van der Waals surface area contributed by atoms with Crippen LogP contribution in [0.25, 0.3) is 0 Å². The maximum atomic E-state index is 11.9. The molecule has 2 N–H and O–H groups in total. The standard InChI is InChI=1S/C13H22N2O3/c1-13(2,3)18-12(17)15-7-9(11(16)8-15)10-5-4-6-14-10/h4-5,9-11,14,16H,6-8H2,1-3H3/t9-,10?,11+/m1/s1. The van der Waals surface area contributed by atoms with Crippen LogP contribution in [-0.2, 0) is 4.74 Å². The summed E-state index contributed by atoms with van der Waals surface area (Å²) >= 11 is 0. The highest BCUT2D eigenvalue weighted by Crippen LogP contribution is 2.24. The summed E-state index contributed by atoms with van der Waals surface area (Å²) in [6.45, 7) is 7.26. The van der Waals surface area contributed by atoms with E-state index in [1.807, 2.05) is 26.8 Å². The van der Waals surface area contributed by atoms with E-state index in [2.05, 4.69) is 11.4 Å². The average Bonchev–Trinajstić information content (AvgIpc) is 2.82. The summed E-state index contributed by atoms with van der Waals surface area (Å²) in [5.74, 6) is 0.0521. The molecule has 102 valence electrons. The molecule has 2 aliphatic heterocycles. The first kappa shape index (κ1) is 13.4. The lowest BCUT2D eigenvalue weighted by Crippen LogP contribution is -2.38. The summed E-state index contributed by atoms with van der Waals surface area (Å²) in [5, 5.41) is 13.3. The van der Waals surface area contributed by atoms with Crippen molar-refractivity contribution in [3.8, 4) is 0 Å². The largest absolute Gasteiger partial charge is 0.444 e. The number of nitrogens with one attached hydrogen (secondary N) is 1. The topological polar surface area (TPSA) is 61.8 Å². The molecule has 0 aromatic rings. The van der Waals surface area contributed by atoms with Crippen molar-refractivity contribution >= 4 is 6.09 Å². The summed E-state index contributed by atoms with van der Waals surface area (Å²) in [6, 6.07) is 0.160. The second kappa shape index (κ2) is 4.90. The van der Waals surface area contributed by atoms with Crippen LogP contribution in [0.1, 0.15) is 20.8 Å². The zero-order valence-electron chi connectivity index (χ0n) is 11.2. The van der Waals surface area contributed by atoms with E-state index in [9.17, 15) is 9.90 Å². The first-order valence-electron chi connectivity index (χ1n) is 6.43.